The molecule has 0 aliphatic carbocycles. The zero-order valence-electron chi connectivity index (χ0n) is 7.59. The molecule has 0 saturated carbocycles. The van der Waals surface area contributed by atoms with Crippen LogP contribution in [0.3, 0.4) is 0 Å². The summed E-state index contributed by atoms with van der Waals surface area (Å²) in [6.07, 6.45) is -3.29. The van der Waals surface area contributed by atoms with E-state index in [1.165, 1.54) is 12.1 Å². The number of hydrogen-bond donors (Lipinski definition) is 4. The van der Waals surface area contributed by atoms with E-state index in [-0.39, 0.29) is 11.3 Å². The highest BCUT2D eigenvalue weighted by Crippen LogP contribution is 2.29. The Morgan fingerprint density at radius 1 is 1.40 bits per heavy atom. The van der Waals surface area contributed by atoms with Gasteiger partial charge in [-0.05, 0) is 18.2 Å². The first-order valence-corrected chi connectivity index (χ1v) is 4.86. The summed E-state index contributed by atoms with van der Waals surface area (Å²) >= 11 is 3.13. The summed E-state index contributed by atoms with van der Waals surface area (Å²) in [4.78, 5) is 10.6. The number of rotatable bonds is 3. The predicted molar refractivity (Wildman–Crippen MR) is 56.0 cm³/mol. The largest absolute Gasteiger partial charge is 0.508 e. The van der Waals surface area contributed by atoms with Crippen LogP contribution in [0.2, 0.25) is 0 Å². The van der Waals surface area contributed by atoms with Gasteiger partial charge in [0.25, 0.3) is 0 Å². The molecule has 82 valence electrons. The van der Waals surface area contributed by atoms with Crippen molar-refractivity contribution in [1.82, 2.24) is 0 Å². The smallest absolute Gasteiger partial charge is 0.249 e. The lowest BCUT2D eigenvalue weighted by Crippen LogP contribution is -2.33. The fourth-order valence-corrected chi connectivity index (χ4v) is 1.47. The molecule has 5 N–H and O–H groups in total. The first kappa shape index (κ1) is 12.0. The molecule has 0 aromatic heterocycles. The minimum atomic E-state index is -1.75. The topological polar surface area (TPSA) is 104 Å². The SMILES string of the molecule is NC(=O)C(O)C(O)c1cc(Br)ccc1O. The predicted octanol–water partition coefficient (Wildman–Crippen LogP) is 0.0343. The normalized spacial score (nSPS) is 14.6. The fourth-order valence-electron chi connectivity index (χ4n) is 1.09. The number of nitrogens with two attached hydrogens (primary N) is 1. The van der Waals surface area contributed by atoms with E-state index in [1.807, 2.05) is 0 Å². The number of hydrogen-bond acceptors (Lipinski definition) is 4. The number of carbonyl (C=O) groups is 1. The van der Waals surface area contributed by atoms with Crippen LogP contribution in [0.1, 0.15) is 11.7 Å². The Morgan fingerprint density at radius 3 is 2.53 bits per heavy atom. The third-order valence-electron chi connectivity index (χ3n) is 1.90. The van der Waals surface area contributed by atoms with Crippen molar-refractivity contribution < 1.29 is 20.1 Å². The number of aliphatic hydroxyl groups excluding tert-OH is 2. The van der Waals surface area contributed by atoms with E-state index in [2.05, 4.69) is 15.9 Å². The van der Waals surface area contributed by atoms with E-state index in [1.54, 1.807) is 6.07 Å². The van der Waals surface area contributed by atoms with Crippen LogP contribution in [-0.2, 0) is 4.79 Å². The number of primary amides is 1. The molecule has 0 heterocycles. The van der Waals surface area contributed by atoms with Crippen molar-refractivity contribution in [1.29, 1.82) is 0 Å². The van der Waals surface area contributed by atoms with Crippen LogP contribution in [0, 0.1) is 0 Å². The number of phenols is 1. The van der Waals surface area contributed by atoms with Gasteiger partial charge in [-0.3, -0.25) is 4.79 Å². The van der Waals surface area contributed by atoms with Gasteiger partial charge >= 0.3 is 0 Å². The van der Waals surface area contributed by atoms with Gasteiger partial charge in [0.05, 0.1) is 0 Å². The average molecular weight is 276 g/mol. The van der Waals surface area contributed by atoms with E-state index < -0.39 is 18.1 Å². The van der Waals surface area contributed by atoms with E-state index in [0.29, 0.717) is 4.47 Å². The van der Waals surface area contributed by atoms with Crippen LogP contribution in [0.25, 0.3) is 0 Å². The molecule has 0 radical (unpaired) electrons. The summed E-state index contributed by atoms with van der Waals surface area (Å²) in [5.41, 5.74) is 4.86. The number of amides is 1. The monoisotopic (exact) mass is 275 g/mol. The molecule has 0 fully saturated rings. The minimum Gasteiger partial charge on any atom is -0.508 e. The quantitative estimate of drug-likeness (QED) is 0.625. The maximum atomic E-state index is 10.6. The van der Waals surface area contributed by atoms with Crippen molar-refractivity contribution in [3.05, 3.63) is 28.2 Å². The molecule has 1 rings (SSSR count). The van der Waals surface area contributed by atoms with Gasteiger partial charge in [-0.25, -0.2) is 0 Å². The number of phenolic OH excluding ortho intramolecular Hbond substituents is 1. The van der Waals surface area contributed by atoms with Crippen LogP contribution >= 0.6 is 15.9 Å². The number of aliphatic hydroxyl groups is 2. The summed E-state index contributed by atoms with van der Waals surface area (Å²) in [5, 5.41) is 28.1. The Bertz CT molecular complexity index is 382. The Balaban J connectivity index is 3.04. The lowest BCUT2D eigenvalue weighted by molar-refractivity contribution is -0.132. The van der Waals surface area contributed by atoms with Crippen LogP contribution in [0.4, 0.5) is 0 Å². The van der Waals surface area contributed by atoms with Gasteiger partial charge in [-0.15, -0.1) is 0 Å². The van der Waals surface area contributed by atoms with Crippen LogP contribution < -0.4 is 5.73 Å². The molecule has 0 aliphatic rings. The lowest BCUT2D eigenvalue weighted by atomic mass is 10.0. The van der Waals surface area contributed by atoms with E-state index in [9.17, 15) is 20.1 Å². The first-order valence-electron chi connectivity index (χ1n) is 4.07. The summed E-state index contributed by atoms with van der Waals surface area (Å²) < 4.78 is 0.603. The van der Waals surface area contributed by atoms with Crippen molar-refractivity contribution in [2.24, 2.45) is 5.73 Å². The highest BCUT2D eigenvalue weighted by atomic mass is 79.9. The first-order chi connectivity index (χ1) is 6.93. The standard InChI is InChI=1S/C9H10BrNO4/c10-4-1-2-6(12)5(3-4)7(13)8(14)9(11)15/h1-3,7-8,12-14H,(H2,11,15). The van der Waals surface area contributed by atoms with Crippen molar-refractivity contribution >= 4 is 21.8 Å². The van der Waals surface area contributed by atoms with Crippen molar-refractivity contribution in [2.75, 3.05) is 0 Å². The Hall–Kier alpha value is -1.11. The second-order valence-electron chi connectivity index (χ2n) is 3.00. The molecular formula is C9H10BrNO4. The van der Waals surface area contributed by atoms with E-state index in [0.717, 1.165) is 0 Å². The van der Waals surface area contributed by atoms with Crippen LogP contribution in [0.5, 0.6) is 5.75 Å². The van der Waals surface area contributed by atoms with Gasteiger partial charge in [-0.1, -0.05) is 15.9 Å². The van der Waals surface area contributed by atoms with Crippen molar-refractivity contribution in [3.8, 4) is 5.75 Å². The highest BCUT2D eigenvalue weighted by Gasteiger charge is 2.25. The second-order valence-corrected chi connectivity index (χ2v) is 3.91. The molecular weight excluding hydrogens is 266 g/mol. The zero-order valence-corrected chi connectivity index (χ0v) is 9.18. The average Bonchev–Trinajstić information content (AvgIpc) is 2.19. The maximum absolute atomic E-state index is 10.6. The second kappa shape index (κ2) is 4.61. The van der Waals surface area contributed by atoms with Gasteiger partial charge in [0.15, 0.2) is 6.10 Å². The van der Waals surface area contributed by atoms with Gasteiger partial charge in [-0.2, -0.15) is 0 Å². The Labute approximate surface area is 94.3 Å². The third kappa shape index (κ3) is 2.68. The van der Waals surface area contributed by atoms with Gasteiger partial charge in [0.2, 0.25) is 5.91 Å². The van der Waals surface area contributed by atoms with Crippen molar-refractivity contribution in [2.45, 2.75) is 12.2 Å². The Kier molecular flexibility index (Phi) is 3.67. The molecule has 1 aromatic rings. The summed E-state index contributed by atoms with van der Waals surface area (Å²) in [5.74, 6) is -1.27. The zero-order chi connectivity index (χ0) is 11.6. The molecule has 5 nitrogen and oxygen atoms in total. The molecule has 0 bridgehead atoms. The van der Waals surface area contributed by atoms with E-state index in [4.69, 9.17) is 5.73 Å². The molecule has 2 unspecified atom stereocenters. The van der Waals surface area contributed by atoms with Gasteiger partial charge in [0.1, 0.15) is 11.9 Å². The molecule has 1 amide bonds. The van der Waals surface area contributed by atoms with Gasteiger partial charge < -0.3 is 21.1 Å². The fraction of sp³-hybridized carbons (Fsp3) is 0.222. The molecule has 0 saturated heterocycles. The van der Waals surface area contributed by atoms with Crippen molar-refractivity contribution in [3.63, 3.8) is 0 Å². The molecule has 1 aromatic carbocycles. The summed E-state index contributed by atoms with van der Waals surface area (Å²) in [6.45, 7) is 0. The highest BCUT2D eigenvalue weighted by molar-refractivity contribution is 9.10. The molecule has 2 atom stereocenters. The molecule has 0 aliphatic heterocycles. The molecule has 15 heavy (non-hydrogen) atoms. The van der Waals surface area contributed by atoms with E-state index >= 15 is 0 Å². The molecule has 6 heteroatoms. The Morgan fingerprint density at radius 2 is 2.00 bits per heavy atom. The minimum absolute atomic E-state index is 0.0377. The van der Waals surface area contributed by atoms with Crippen LogP contribution in [-0.4, -0.2) is 27.3 Å². The summed E-state index contributed by atoms with van der Waals surface area (Å²) in [6, 6.07) is 4.28. The number of halogens is 1. The summed E-state index contributed by atoms with van der Waals surface area (Å²) in [7, 11) is 0. The molecule has 0 spiro atoms. The number of aromatic hydroxyl groups is 1. The lowest BCUT2D eigenvalue weighted by Gasteiger charge is -2.16. The number of carbonyl (C=O) groups excluding carboxylic acids is 1. The van der Waals surface area contributed by atoms with Gasteiger partial charge in [0, 0.05) is 10.0 Å². The number of benzene rings is 1. The van der Waals surface area contributed by atoms with Crippen LogP contribution in [0.15, 0.2) is 22.7 Å². The maximum Gasteiger partial charge on any atom is 0.249 e. The third-order valence-corrected chi connectivity index (χ3v) is 2.39.